The third kappa shape index (κ3) is 1.77. The van der Waals surface area contributed by atoms with E-state index in [-0.39, 0.29) is 12.4 Å². The molecule has 2 aliphatic heterocycles. The number of fused-ring (bicyclic) bond motifs is 5. The van der Waals surface area contributed by atoms with E-state index < -0.39 is 0 Å². The van der Waals surface area contributed by atoms with Crippen molar-refractivity contribution in [1.29, 1.82) is 0 Å². The maximum Gasteiger partial charge on any atom is 0.119 e. The molecule has 5 rings (SSSR count). The number of rotatable bonds is 1. The monoisotopic (exact) mass is 304 g/mol. The van der Waals surface area contributed by atoms with Crippen molar-refractivity contribution in [3.05, 3.63) is 29.5 Å². The van der Waals surface area contributed by atoms with Gasteiger partial charge >= 0.3 is 0 Å². The first-order valence-electron chi connectivity index (χ1n) is 7.76. The predicted octanol–water partition coefficient (Wildman–Crippen LogP) is 3.33. The van der Waals surface area contributed by atoms with E-state index >= 15 is 0 Å². The summed E-state index contributed by atoms with van der Waals surface area (Å²) in [5.74, 6) is 2.65. The van der Waals surface area contributed by atoms with Gasteiger partial charge in [-0.05, 0) is 48.9 Å². The molecule has 0 spiro atoms. The summed E-state index contributed by atoms with van der Waals surface area (Å²) in [6, 6.07) is 7.25. The normalized spacial score (nSPS) is 30.0. The Morgan fingerprint density at radius 3 is 3.00 bits per heavy atom. The Morgan fingerprint density at radius 2 is 2.19 bits per heavy atom. The zero-order valence-electron chi connectivity index (χ0n) is 12.3. The lowest BCUT2D eigenvalue weighted by molar-refractivity contribution is 0.201. The van der Waals surface area contributed by atoms with Gasteiger partial charge in [-0.15, -0.1) is 12.4 Å². The molecule has 1 saturated heterocycles. The SMILES string of the molecule is COc1ccc2[nH]c3c(c2c1)CCN1C[C@@H]2C[C@H]3[C@H]1C2.Cl. The number of aromatic nitrogens is 1. The van der Waals surface area contributed by atoms with Gasteiger partial charge in [-0.1, -0.05) is 0 Å². The summed E-state index contributed by atoms with van der Waals surface area (Å²) in [6.45, 7) is 2.57. The van der Waals surface area contributed by atoms with Crippen molar-refractivity contribution in [2.45, 2.75) is 31.2 Å². The number of aromatic amines is 1. The summed E-state index contributed by atoms with van der Waals surface area (Å²) < 4.78 is 5.41. The number of ether oxygens (including phenoxy) is 1. The van der Waals surface area contributed by atoms with Crippen LogP contribution in [0.5, 0.6) is 5.75 Å². The lowest BCUT2D eigenvalue weighted by Crippen LogP contribution is -2.36. The zero-order valence-corrected chi connectivity index (χ0v) is 13.1. The largest absolute Gasteiger partial charge is 0.497 e. The van der Waals surface area contributed by atoms with Gasteiger partial charge in [0.15, 0.2) is 0 Å². The molecule has 2 bridgehead atoms. The number of benzene rings is 1. The number of hydrogen-bond acceptors (Lipinski definition) is 2. The van der Waals surface area contributed by atoms with E-state index in [2.05, 4.69) is 28.1 Å². The van der Waals surface area contributed by atoms with E-state index in [0.29, 0.717) is 0 Å². The summed E-state index contributed by atoms with van der Waals surface area (Å²) in [5.41, 5.74) is 4.37. The van der Waals surface area contributed by atoms with Crippen molar-refractivity contribution in [2.24, 2.45) is 5.92 Å². The lowest BCUT2D eigenvalue weighted by atomic mass is 9.93. The highest BCUT2D eigenvalue weighted by atomic mass is 35.5. The Labute approximate surface area is 131 Å². The quantitative estimate of drug-likeness (QED) is 0.875. The molecule has 3 atom stereocenters. The second kappa shape index (κ2) is 4.65. The fraction of sp³-hybridized carbons (Fsp3) is 0.529. The van der Waals surface area contributed by atoms with Gasteiger partial charge in [0.2, 0.25) is 0 Å². The average Bonchev–Trinajstić information content (AvgIpc) is 3.14. The van der Waals surface area contributed by atoms with Crippen LogP contribution in [0.4, 0.5) is 0 Å². The molecule has 2 aromatic rings. The molecule has 3 aliphatic rings. The number of nitrogens with one attached hydrogen (secondary N) is 1. The second-order valence-corrected chi connectivity index (χ2v) is 6.68. The highest BCUT2D eigenvalue weighted by Crippen LogP contribution is 2.50. The number of H-pyrrole nitrogens is 1. The van der Waals surface area contributed by atoms with Crippen LogP contribution in [0, 0.1) is 5.92 Å². The molecule has 3 heterocycles. The van der Waals surface area contributed by atoms with E-state index in [9.17, 15) is 0 Å². The number of methoxy groups -OCH3 is 1. The summed E-state index contributed by atoms with van der Waals surface area (Å²) in [6.07, 6.45) is 3.99. The van der Waals surface area contributed by atoms with Gasteiger partial charge in [-0.3, -0.25) is 4.90 Å². The molecule has 1 aromatic heterocycles. The number of hydrogen-bond donors (Lipinski definition) is 1. The van der Waals surface area contributed by atoms with Gasteiger partial charge in [-0.2, -0.15) is 0 Å². The molecule has 4 heteroatoms. The smallest absolute Gasteiger partial charge is 0.119 e. The van der Waals surface area contributed by atoms with Crippen molar-refractivity contribution in [3.63, 3.8) is 0 Å². The maximum atomic E-state index is 5.41. The molecule has 1 N–H and O–H groups in total. The van der Waals surface area contributed by atoms with Crippen molar-refractivity contribution in [3.8, 4) is 5.75 Å². The van der Waals surface area contributed by atoms with E-state index in [0.717, 1.165) is 23.6 Å². The fourth-order valence-corrected chi connectivity index (χ4v) is 4.92. The number of nitrogens with zero attached hydrogens (tertiary/aromatic N) is 1. The first-order chi connectivity index (χ1) is 9.83. The molecule has 21 heavy (non-hydrogen) atoms. The highest BCUT2D eigenvalue weighted by Gasteiger charge is 2.47. The molecule has 0 amide bonds. The third-order valence-corrected chi connectivity index (χ3v) is 5.75. The third-order valence-electron chi connectivity index (χ3n) is 5.75. The summed E-state index contributed by atoms with van der Waals surface area (Å²) >= 11 is 0. The van der Waals surface area contributed by atoms with Crippen LogP contribution in [0.15, 0.2) is 18.2 Å². The second-order valence-electron chi connectivity index (χ2n) is 6.68. The fourth-order valence-electron chi connectivity index (χ4n) is 4.92. The Hall–Kier alpha value is -1.19. The molecular formula is C17H21ClN2O. The molecule has 2 fully saturated rings. The van der Waals surface area contributed by atoms with Gasteiger partial charge in [0.25, 0.3) is 0 Å². The molecule has 112 valence electrons. The Bertz CT molecular complexity index is 695. The molecule has 0 unspecified atom stereocenters. The van der Waals surface area contributed by atoms with Gasteiger partial charge in [0.1, 0.15) is 5.75 Å². The summed E-state index contributed by atoms with van der Waals surface area (Å²) in [4.78, 5) is 6.47. The molecular weight excluding hydrogens is 284 g/mol. The van der Waals surface area contributed by atoms with E-state index in [1.165, 1.54) is 48.9 Å². The average molecular weight is 305 g/mol. The van der Waals surface area contributed by atoms with Crippen molar-refractivity contribution < 1.29 is 4.74 Å². The summed E-state index contributed by atoms with van der Waals surface area (Å²) in [5, 5.41) is 1.38. The van der Waals surface area contributed by atoms with E-state index in [4.69, 9.17) is 4.74 Å². The first-order valence-corrected chi connectivity index (χ1v) is 7.76. The van der Waals surface area contributed by atoms with Crippen LogP contribution < -0.4 is 4.74 Å². The van der Waals surface area contributed by atoms with Crippen LogP contribution in [-0.2, 0) is 6.42 Å². The molecule has 1 saturated carbocycles. The van der Waals surface area contributed by atoms with Gasteiger partial charge < -0.3 is 9.72 Å². The van der Waals surface area contributed by atoms with Crippen LogP contribution in [0.1, 0.15) is 30.0 Å². The minimum absolute atomic E-state index is 0. The Balaban J connectivity index is 0.00000115. The number of piperidine rings is 1. The van der Waals surface area contributed by atoms with E-state index in [1.807, 2.05) is 0 Å². The lowest BCUT2D eigenvalue weighted by Gasteiger charge is -2.30. The molecule has 0 radical (unpaired) electrons. The van der Waals surface area contributed by atoms with Crippen molar-refractivity contribution >= 4 is 23.3 Å². The number of halogens is 1. The van der Waals surface area contributed by atoms with Crippen LogP contribution >= 0.6 is 12.4 Å². The maximum absolute atomic E-state index is 5.41. The van der Waals surface area contributed by atoms with E-state index in [1.54, 1.807) is 12.7 Å². The first kappa shape index (κ1) is 13.5. The predicted molar refractivity (Wildman–Crippen MR) is 86.6 cm³/mol. The zero-order chi connectivity index (χ0) is 13.3. The van der Waals surface area contributed by atoms with Gasteiger partial charge in [0.05, 0.1) is 7.11 Å². The molecule has 1 aromatic carbocycles. The van der Waals surface area contributed by atoms with Crippen molar-refractivity contribution in [2.75, 3.05) is 20.2 Å². The van der Waals surface area contributed by atoms with Crippen LogP contribution in [0.3, 0.4) is 0 Å². The van der Waals surface area contributed by atoms with Crippen LogP contribution in [0.25, 0.3) is 10.9 Å². The Morgan fingerprint density at radius 1 is 1.29 bits per heavy atom. The van der Waals surface area contributed by atoms with Crippen LogP contribution in [-0.4, -0.2) is 36.1 Å². The Kier molecular flexibility index (Phi) is 2.98. The molecule has 1 aliphatic carbocycles. The van der Waals surface area contributed by atoms with Crippen LogP contribution in [0.2, 0.25) is 0 Å². The summed E-state index contributed by atoms with van der Waals surface area (Å²) in [7, 11) is 1.75. The van der Waals surface area contributed by atoms with Gasteiger partial charge in [-0.25, -0.2) is 0 Å². The minimum atomic E-state index is 0. The van der Waals surface area contributed by atoms with Gasteiger partial charge in [0, 0.05) is 41.6 Å². The highest BCUT2D eigenvalue weighted by molar-refractivity contribution is 5.86. The standard InChI is InChI=1S/C17H20N2O.ClH/c1-20-11-2-3-15-13(8-11)12-4-5-19-9-10-6-14(16(19)7-10)17(12)18-15;/h2-3,8,10,14,16,18H,4-7,9H2,1H3;1H/t10-,14+,16-;/m1./s1. The minimum Gasteiger partial charge on any atom is -0.497 e. The van der Waals surface area contributed by atoms with Crippen molar-refractivity contribution in [1.82, 2.24) is 9.88 Å². The molecule has 3 nitrogen and oxygen atoms in total. The topological polar surface area (TPSA) is 28.3 Å².